The van der Waals surface area contributed by atoms with Gasteiger partial charge in [0, 0.05) is 24.4 Å². The van der Waals surface area contributed by atoms with Gasteiger partial charge >= 0.3 is 0 Å². The highest BCUT2D eigenvalue weighted by molar-refractivity contribution is 5.88. The van der Waals surface area contributed by atoms with E-state index >= 15 is 0 Å². The number of likely N-dealkylation sites (tertiary alicyclic amines) is 1. The van der Waals surface area contributed by atoms with Crippen molar-refractivity contribution in [2.75, 3.05) is 18.4 Å². The quantitative estimate of drug-likeness (QED) is 0.766. The van der Waals surface area contributed by atoms with Crippen LogP contribution in [0.2, 0.25) is 0 Å². The average molecular weight is 338 g/mol. The molecule has 0 saturated carbocycles. The molecule has 0 radical (unpaired) electrons. The van der Waals surface area contributed by atoms with E-state index in [0.29, 0.717) is 11.9 Å². The van der Waals surface area contributed by atoms with Crippen LogP contribution in [0.3, 0.4) is 0 Å². The van der Waals surface area contributed by atoms with Crippen LogP contribution in [-0.4, -0.2) is 44.1 Å². The molecule has 0 aliphatic carbocycles. The number of fused-ring (bicyclic) bond motifs is 1. The highest BCUT2D eigenvalue weighted by atomic mass is 16.5. The summed E-state index contributed by atoms with van der Waals surface area (Å²) in [5.74, 6) is 2.38. The summed E-state index contributed by atoms with van der Waals surface area (Å²) in [6.07, 6.45) is 4.66. The van der Waals surface area contributed by atoms with E-state index in [4.69, 9.17) is 4.52 Å². The van der Waals surface area contributed by atoms with E-state index in [9.17, 15) is 0 Å². The van der Waals surface area contributed by atoms with E-state index in [-0.39, 0.29) is 0 Å². The second-order valence-electron chi connectivity index (χ2n) is 6.42. The van der Waals surface area contributed by atoms with E-state index in [1.165, 1.54) is 0 Å². The zero-order chi connectivity index (χ0) is 17.1. The van der Waals surface area contributed by atoms with Crippen molar-refractivity contribution >= 4 is 16.7 Å². The zero-order valence-corrected chi connectivity index (χ0v) is 14.4. The number of benzene rings is 1. The molecule has 7 nitrogen and oxygen atoms in total. The maximum atomic E-state index is 5.21. The third kappa shape index (κ3) is 3.61. The summed E-state index contributed by atoms with van der Waals surface area (Å²) in [6.45, 7) is 4.74. The lowest BCUT2D eigenvalue weighted by molar-refractivity contribution is 0.201. The number of para-hydroxylation sites is 1. The molecule has 1 aromatic carbocycles. The molecule has 1 fully saturated rings. The van der Waals surface area contributed by atoms with Gasteiger partial charge in [-0.1, -0.05) is 24.2 Å². The van der Waals surface area contributed by atoms with Crippen molar-refractivity contribution in [2.24, 2.45) is 0 Å². The van der Waals surface area contributed by atoms with Gasteiger partial charge in [-0.15, -0.1) is 0 Å². The topological polar surface area (TPSA) is 80.0 Å². The summed E-state index contributed by atoms with van der Waals surface area (Å²) in [5, 5.41) is 8.72. The zero-order valence-electron chi connectivity index (χ0n) is 14.4. The Morgan fingerprint density at radius 2 is 2.20 bits per heavy atom. The molecule has 7 heteroatoms. The highest BCUT2D eigenvalue weighted by Gasteiger charge is 2.22. The van der Waals surface area contributed by atoms with Gasteiger partial charge in [-0.2, -0.15) is 4.98 Å². The molecule has 1 aliphatic heterocycles. The minimum atomic E-state index is 0.351. The lowest BCUT2D eigenvalue weighted by atomic mass is 10.1. The van der Waals surface area contributed by atoms with Gasteiger partial charge < -0.3 is 9.84 Å². The lowest BCUT2D eigenvalue weighted by Gasteiger charge is -2.32. The summed E-state index contributed by atoms with van der Waals surface area (Å²) in [6, 6.07) is 8.44. The largest absolute Gasteiger partial charge is 0.365 e. The molecule has 130 valence electrons. The number of piperidine rings is 1. The van der Waals surface area contributed by atoms with Gasteiger partial charge in [0.2, 0.25) is 5.89 Å². The summed E-state index contributed by atoms with van der Waals surface area (Å²) in [4.78, 5) is 15.6. The van der Waals surface area contributed by atoms with Gasteiger partial charge in [-0.3, -0.25) is 4.90 Å². The van der Waals surface area contributed by atoms with Crippen LogP contribution >= 0.6 is 0 Å². The first-order valence-electron chi connectivity index (χ1n) is 8.82. The molecule has 0 unspecified atom stereocenters. The standard InChI is InChI=1S/C18H22N6O/c1-2-17-22-16(23-25-17)11-24-9-5-6-13(10-24)21-18-14-7-3-4-8-15(14)19-12-20-18/h3-4,7-8,12-13H,2,5-6,9-11H2,1H3,(H,19,20,21)/t13-/m0/s1. The fraction of sp³-hybridized carbons (Fsp3) is 0.444. The van der Waals surface area contributed by atoms with E-state index < -0.39 is 0 Å². The molecule has 1 saturated heterocycles. The van der Waals surface area contributed by atoms with Gasteiger partial charge in [-0.05, 0) is 31.5 Å². The first-order valence-corrected chi connectivity index (χ1v) is 8.82. The second kappa shape index (κ2) is 7.14. The molecule has 0 spiro atoms. The molecule has 4 rings (SSSR count). The fourth-order valence-electron chi connectivity index (χ4n) is 3.33. The Morgan fingerprint density at radius 1 is 1.28 bits per heavy atom. The summed E-state index contributed by atoms with van der Waals surface area (Å²) < 4.78 is 5.21. The number of nitrogens with one attached hydrogen (secondary N) is 1. The number of aromatic nitrogens is 4. The molecule has 3 aromatic rings. The van der Waals surface area contributed by atoms with Crippen LogP contribution in [0.15, 0.2) is 35.1 Å². The fourth-order valence-corrected chi connectivity index (χ4v) is 3.33. The predicted molar refractivity (Wildman–Crippen MR) is 95.1 cm³/mol. The van der Waals surface area contributed by atoms with E-state index in [0.717, 1.165) is 61.4 Å². The Labute approximate surface area is 146 Å². The summed E-state index contributed by atoms with van der Waals surface area (Å²) in [5.41, 5.74) is 0.964. The van der Waals surface area contributed by atoms with Crippen LogP contribution < -0.4 is 5.32 Å². The highest BCUT2D eigenvalue weighted by Crippen LogP contribution is 2.22. The number of anilines is 1. The smallest absolute Gasteiger partial charge is 0.226 e. The van der Waals surface area contributed by atoms with Crippen LogP contribution in [0.1, 0.15) is 31.5 Å². The maximum Gasteiger partial charge on any atom is 0.226 e. The van der Waals surface area contributed by atoms with E-state index in [1.807, 2.05) is 25.1 Å². The minimum absolute atomic E-state index is 0.351. The number of aryl methyl sites for hydroxylation is 1. The molecule has 0 amide bonds. The van der Waals surface area contributed by atoms with E-state index in [1.54, 1.807) is 6.33 Å². The first-order chi connectivity index (χ1) is 12.3. The lowest BCUT2D eigenvalue weighted by Crippen LogP contribution is -2.42. The summed E-state index contributed by atoms with van der Waals surface area (Å²) >= 11 is 0. The van der Waals surface area contributed by atoms with Gasteiger partial charge in [0.1, 0.15) is 12.1 Å². The van der Waals surface area contributed by atoms with Crippen molar-refractivity contribution in [3.05, 3.63) is 42.3 Å². The van der Waals surface area contributed by atoms with Crippen LogP contribution in [0.25, 0.3) is 10.9 Å². The number of hydrogen-bond acceptors (Lipinski definition) is 7. The molecular formula is C18H22N6O. The summed E-state index contributed by atoms with van der Waals surface area (Å²) in [7, 11) is 0. The second-order valence-corrected chi connectivity index (χ2v) is 6.42. The third-order valence-corrected chi connectivity index (χ3v) is 4.57. The Kier molecular flexibility index (Phi) is 4.56. The van der Waals surface area contributed by atoms with Crippen molar-refractivity contribution in [3.8, 4) is 0 Å². The predicted octanol–water partition coefficient (Wildman–Crippen LogP) is 2.65. The van der Waals surface area contributed by atoms with Crippen molar-refractivity contribution in [1.82, 2.24) is 25.0 Å². The Hall–Kier alpha value is -2.54. The molecule has 3 heterocycles. The van der Waals surface area contributed by atoms with E-state index in [2.05, 4.69) is 36.4 Å². The molecule has 1 N–H and O–H groups in total. The maximum absolute atomic E-state index is 5.21. The molecule has 0 bridgehead atoms. The number of nitrogens with zero attached hydrogens (tertiary/aromatic N) is 5. The average Bonchev–Trinajstić information content (AvgIpc) is 3.10. The number of rotatable bonds is 5. The minimum Gasteiger partial charge on any atom is -0.365 e. The Morgan fingerprint density at radius 3 is 3.08 bits per heavy atom. The molecule has 1 atom stereocenters. The van der Waals surface area contributed by atoms with Crippen LogP contribution in [-0.2, 0) is 13.0 Å². The Bertz CT molecular complexity index is 843. The molecule has 2 aromatic heterocycles. The van der Waals surface area contributed by atoms with Crippen LogP contribution in [0.4, 0.5) is 5.82 Å². The molecule has 1 aliphatic rings. The normalized spacial score (nSPS) is 18.5. The Balaban J connectivity index is 1.44. The molecule has 25 heavy (non-hydrogen) atoms. The van der Waals surface area contributed by atoms with Gasteiger partial charge in [0.15, 0.2) is 5.82 Å². The van der Waals surface area contributed by atoms with Gasteiger partial charge in [0.25, 0.3) is 0 Å². The SMILES string of the molecule is CCc1nc(CN2CCC[C@H](Nc3ncnc4ccccc34)C2)no1. The van der Waals surface area contributed by atoms with Crippen molar-refractivity contribution in [2.45, 2.75) is 38.8 Å². The van der Waals surface area contributed by atoms with Crippen molar-refractivity contribution in [3.63, 3.8) is 0 Å². The van der Waals surface area contributed by atoms with Gasteiger partial charge in [-0.25, -0.2) is 9.97 Å². The first kappa shape index (κ1) is 16.0. The van der Waals surface area contributed by atoms with Crippen LogP contribution in [0.5, 0.6) is 0 Å². The third-order valence-electron chi connectivity index (χ3n) is 4.57. The molecular weight excluding hydrogens is 316 g/mol. The van der Waals surface area contributed by atoms with Crippen molar-refractivity contribution < 1.29 is 4.52 Å². The van der Waals surface area contributed by atoms with Gasteiger partial charge in [0.05, 0.1) is 12.1 Å². The number of hydrogen-bond donors (Lipinski definition) is 1. The van der Waals surface area contributed by atoms with Crippen LogP contribution in [0, 0.1) is 0 Å². The monoisotopic (exact) mass is 338 g/mol. The van der Waals surface area contributed by atoms with Crippen molar-refractivity contribution in [1.29, 1.82) is 0 Å².